The number of nitrogens with zero attached hydrogens (tertiary/aromatic N) is 3. The standard InChI is InChI=1S/C24H34N4O4/c1-4-32-20-10-8-17(9-11-20)14-28-15-19(26-27-28)13-24(2,3)16-25-22(29)12-18-6-5-7-21(18)23(30)31/h8-11,15,18,21H,4-7,12-14,16H2,1-3H3,(H,25,29)(H,30,31)/t18-,21+/m0/s1. The molecule has 2 atom stereocenters. The van der Waals surface area contributed by atoms with Gasteiger partial charge in [0.2, 0.25) is 5.91 Å². The van der Waals surface area contributed by atoms with Crippen LogP contribution in [0, 0.1) is 17.3 Å². The number of hydrogen-bond donors (Lipinski definition) is 2. The van der Waals surface area contributed by atoms with E-state index in [1.54, 1.807) is 0 Å². The van der Waals surface area contributed by atoms with Crippen LogP contribution in [0.4, 0.5) is 0 Å². The summed E-state index contributed by atoms with van der Waals surface area (Å²) in [5.41, 5.74) is 1.79. The largest absolute Gasteiger partial charge is 0.494 e. The van der Waals surface area contributed by atoms with Crippen molar-refractivity contribution in [3.8, 4) is 5.75 Å². The number of rotatable bonds is 11. The minimum atomic E-state index is -0.783. The van der Waals surface area contributed by atoms with E-state index in [1.165, 1.54) is 0 Å². The van der Waals surface area contributed by atoms with Crippen LogP contribution in [0.5, 0.6) is 5.75 Å². The zero-order valence-corrected chi connectivity index (χ0v) is 19.2. The third kappa shape index (κ3) is 6.80. The SMILES string of the molecule is CCOc1ccc(Cn2cc(CC(C)(C)CNC(=O)C[C@@H]3CCC[C@H]3C(=O)O)nn2)cc1. The quantitative estimate of drug-likeness (QED) is 0.553. The van der Waals surface area contributed by atoms with Gasteiger partial charge in [-0.3, -0.25) is 9.59 Å². The van der Waals surface area contributed by atoms with Crippen LogP contribution in [0.1, 0.15) is 57.7 Å². The van der Waals surface area contributed by atoms with Crippen LogP contribution in [0.25, 0.3) is 0 Å². The molecule has 0 bridgehead atoms. The Bertz CT molecular complexity index is 907. The predicted octanol–water partition coefficient (Wildman–Crippen LogP) is 3.30. The van der Waals surface area contributed by atoms with Crippen molar-refractivity contribution in [2.45, 2.75) is 59.4 Å². The molecule has 1 fully saturated rings. The van der Waals surface area contributed by atoms with Gasteiger partial charge >= 0.3 is 5.97 Å². The predicted molar refractivity (Wildman–Crippen MR) is 120 cm³/mol. The van der Waals surface area contributed by atoms with E-state index in [2.05, 4.69) is 29.5 Å². The molecule has 32 heavy (non-hydrogen) atoms. The van der Waals surface area contributed by atoms with Gasteiger partial charge in [0.15, 0.2) is 0 Å². The minimum Gasteiger partial charge on any atom is -0.494 e. The maximum absolute atomic E-state index is 12.4. The smallest absolute Gasteiger partial charge is 0.306 e. The summed E-state index contributed by atoms with van der Waals surface area (Å²) in [7, 11) is 0. The van der Waals surface area contributed by atoms with E-state index < -0.39 is 5.97 Å². The molecule has 8 heteroatoms. The molecule has 174 valence electrons. The summed E-state index contributed by atoms with van der Waals surface area (Å²) in [5.74, 6) is -0.452. The zero-order valence-electron chi connectivity index (χ0n) is 19.2. The highest BCUT2D eigenvalue weighted by molar-refractivity contribution is 5.78. The molecule has 2 N–H and O–H groups in total. The molecule has 0 unspecified atom stereocenters. The van der Waals surface area contributed by atoms with Crippen LogP contribution in [-0.4, -0.2) is 45.1 Å². The highest BCUT2D eigenvalue weighted by atomic mass is 16.5. The fraction of sp³-hybridized carbons (Fsp3) is 0.583. The molecule has 1 aromatic heterocycles. The monoisotopic (exact) mass is 442 g/mol. The summed E-state index contributed by atoms with van der Waals surface area (Å²) in [6.07, 6.45) is 5.27. The number of benzene rings is 1. The number of amides is 1. The number of ether oxygens (including phenoxy) is 1. The van der Waals surface area contributed by atoms with Gasteiger partial charge in [-0.1, -0.05) is 37.6 Å². The second-order valence-electron chi connectivity index (χ2n) is 9.44. The van der Waals surface area contributed by atoms with E-state index in [1.807, 2.05) is 42.1 Å². The molecule has 0 radical (unpaired) electrons. The van der Waals surface area contributed by atoms with Gasteiger partial charge in [0.1, 0.15) is 5.75 Å². The highest BCUT2D eigenvalue weighted by Crippen LogP contribution is 2.34. The fourth-order valence-electron chi connectivity index (χ4n) is 4.35. The van der Waals surface area contributed by atoms with Crippen LogP contribution < -0.4 is 10.1 Å². The Labute approximate surface area is 189 Å². The second-order valence-corrected chi connectivity index (χ2v) is 9.44. The molecule has 1 aliphatic carbocycles. The molecule has 2 aromatic rings. The van der Waals surface area contributed by atoms with Gasteiger partial charge in [0.05, 0.1) is 24.8 Å². The topological polar surface area (TPSA) is 106 Å². The van der Waals surface area contributed by atoms with E-state index in [0.717, 1.165) is 29.8 Å². The van der Waals surface area contributed by atoms with E-state index in [0.29, 0.717) is 32.5 Å². The van der Waals surface area contributed by atoms with Crippen molar-refractivity contribution in [3.05, 3.63) is 41.7 Å². The molecule has 1 amide bonds. The van der Waals surface area contributed by atoms with Gasteiger partial charge < -0.3 is 15.2 Å². The first-order valence-electron chi connectivity index (χ1n) is 11.4. The summed E-state index contributed by atoms with van der Waals surface area (Å²) in [5, 5.41) is 20.8. The van der Waals surface area contributed by atoms with E-state index in [-0.39, 0.29) is 29.6 Å². The average molecular weight is 443 g/mol. The van der Waals surface area contributed by atoms with Gasteiger partial charge in [-0.05, 0) is 55.2 Å². The Morgan fingerprint density at radius 1 is 1.25 bits per heavy atom. The Hall–Kier alpha value is -2.90. The van der Waals surface area contributed by atoms with Gasteiger partial charge in [-0.15, -0.1) is 5.10 Å². The molecule has 0 saturated heterocycles. The lowest BCUT2D eigenvalue weighted by Crippen LogP contribution is -2.36. The second kappa shape index (κ2) is 10.6. The van der Waals surface area contributed by atoms with E-state index in [9.17, 15) is 14.7 Å². The fourth-order valence-corrected chi connectivity index (χ4v) is 4.35. The molecular weight excluding hydrogens is 408 g/mol. The molecule has 0 spiro atoms. The lowest BCUT2D eigenvalue weighted by atomic mass is 9.87. The minimum absolute atomic E-state index is 0.0573. The number of hydrogen-bond acceptors (Lipinski definition) is 5. The van der Waals surface area contributed by atoms with Crippen molar-refractivity contribution in [2.24, 2.45) is 17.3 Å². The first-order chi connectivity index (χ1) is 15.3. The number of aliphatic carboxylic acids is 1. The Balaban J connectivity index is 1.47. The van der Waals surface area contributed by atoms with Crippen LogP contribution in [0.3, 0.4) is 0 Å². The third-order valence-electron chi connectivity index (χ3n) is 6.01. The number of aromatic nitrogens is 3. The Morgan fingerprint density at radius 2 is 2.00 bits per heavy atom. The number of carbonyl (C=O) groups excluding carboxylic acids is 1. The highest BCUT2D eigenvalue weighted by Gasteiger charge is 2.34. The van der Waals surface area contributed by atoms with Crippen LogP contribution >= 0.6 is 0 Å². The average Bonchev–Trinajstić information content (AvgIpc) is 3.37. The van der Waals surface area contributed by atoms with Gasteiger partial charge in [-0.2, -0.15) is 0 Å². The lowest BCUT2D eigenvalue weighted by Gasteiger charge is -2.24. The van der Waals surface area contributed by atoms with Gasteiger partial charge in [-0.25, -0.2) is 4.68 Å². The van der Waals surface area contributed by atoms with Crippen molar-refractivity contribution in [3.63, 3.8) is 0 Å². The van der Waals surface area contributed by atoms with Crippen LogP contribution in [0.15, 0.2) is 30.5 Å². The zero-order chi connectivity index (χ0) is 23.1. The van der Waals surface area contributed by atoms with Crippen molar-refractivity contribution in [1.29, 1.82) is 0 Å². The normalized spacial score (nSPS) is 18.5. The van der Waals surface area contributed by atoms with Crippen molar-refractivity contribution in [2.75, 3.05) is 13.2 Å². The number of nitrogens with one attached hydrogen (secondary N) is 1. The molecule has 1 saturated carbocycles. The lowest BCUT2D eigenvalue weighted by molar-refractivity contribution is -0.143. The van der Waals surface area contributed by atoms with Gasteiger partial charge in [0, 0.05) is 19.2 Å². The first-order valence-corrected chi connectivity index (χ1v) is 11.4. The molecule has 1 aromatic carbocycles. The number of carbonyl (C=O) groups is 2. The number of carboxylic acids is 1. The summed E-state index contributed by atoms with van der Waals surface area (Å²) < 4.78 is 7.28. The van der Waals surface area contributed by atoms with E-state index in [4.69, 9.17) is 4.74 Å². The Kier molecular flexibility index (Phi) is 7.88. The Morgan fingerprint density at radius 3 is 2.69 bits per heavy atom. The maximum atomic E-state index is 12.4. The van der Waals surface area contributed by atoms with Crippen molar-refractivity contribution in [1.82, 2.24) is 20.3 Å². The first kappa shape index (κ1) is 23.8. The molecule has 8 nitrogen and oxygen atoms in total. The summed E-state index contributed by atoms with van der Waals surface area (Å²) in [6, 6.07) is 7.94. The van der Waals surface area contributed by atoms with Crippen molar-refractivity contribution < 1.29 is 19.4 Å². The summed E-state index contributed by atoms with van der Waals surface area (Å²) >= 11 is 0. The molecule has 0 aliphatic heterocycles. The molecular formula is C24H34N4O4. The third-order valence-corrected chi connectivity index (χ3v) is 6.01. The molecule has 1 heterocycles. The van der Waals surface area contributed by atoms with Crippen molar-refractivity contribution >= 4 is 11.9 Å². The van der Waals surface area contributed by atoms with Crippen LogP contribution in [-0.2, 0) is 22.6 Å². The molecule has 3 rings (SSSR count). The number of carboxylic acid groups (broad SMARTS) is 1. The maximum Gasteiger partial charge on any atom is 0.306 e. The van der Waals surface area contributed by atoms with E-state index >= 15 is 0 Å². The molecule has 1 aliphatic rings. The summed E-state index contributed by atoms with van der Waals surface area (Å²) in [4.78, 5) is 23.7. The van der Waals surface area contributed by atoms with Gasteiger partial charge in [0.25, 0.3) is 0 Å². The summed E-state index contributed by atoms with van der Waals surface area (Å²) in [6.45, 7) is 7.89. The van der Waals surface area contributed by atoms with Crippen LogP contribution in [0.2, 0.25) is 0 Å².